The van der Waals surface area contributed by atoms with Gasteiger partial charge in [0.25, 0.3) is 0 Å². The zero-order valence-electron chi connectivity index (χ0n) is 15.3. The van der Waals surface area contributed by atoms with Gasteiger partial charge in [0.05, 0.1) is 5.92 Å². The molecule has 6 nitrogen and oxygen atoms in total. The van der Waals surface area contributed by atoms with Crippen molar-refractivity contribution in [3.05, 3.63) is 60.4 Å². The minimum absolute atomic E-state index is 0.0557. The van der Waals surface area contributed by atoms with E-state index in [1.165, 1.54) is 5.69 Å². The van der Waals surface area contributed by atoms with Crippen molar-refractivity contribution in [1.29, 1.82) is 0 Å². The third-order valence-electron chi connectivity index (χ3n) is 5.37. The second-order valence-corrected chi connectivity index (χ2v) is 7.18. The summed E-state index contributed by atoms with van der Waals surface area (Å²) in [6.07, 6.45) is 3.81. The first kappa shape index (κ1) is 17.5. The molecule has 0 saturated carbocycles. The summed E-state index contributed by atoms with van der Waals surface area (Å²) >= 11 is 0. The number of piperazine rings is 1. The summed E-state index contributed by atoms with van der Waals surface area (Å²) in [5.74, 6) is -0.0534. The molecule has 4 rings (SSSR count). The Morgan fingerprint density at radius 2 is 1.81 bits per heavy atom. The molecule has 0 bridgehead atoms. The maximum atomic E-state index is 12.9. The Balaban J connectivity index is 1.32. The van der Waals surface area contributed by atoms with E-state index in [9.17, 15) is 9.59 Å². The number of anilines is 1. The van der Waals surface area contributed by atoms with Gasteiger partial charge in [-0.15, -0.1) is 0 Å². The highest BCUT2D eigenvalue weighted by Crippen LogP contribution is 2.23. The van der Waals surface area contributed by atoms with Crippen LogP contribution in [0.5, 0.6) is 0 Å². The van der Waals surface area contributed by atoms with E-state index in [1.807, 2.05) is 35.2 Å². The second-order valence-electron chi connectivity index (χ2n) is 7.18. The maximum Gasteiger partial charge on any atom is 0.228 e. The van der Waals surface area contributed by atoms with E-state index in [1.54, 1.807) is 17.3 Å². The fraction of sp³-hybridized carbons (Fsp3) is 0.381. The van der Waals surface area contributed by atoms with Gasteiger partial charge >= 0.3 is 0 Å². The number of amides is 2. The molecular weight excluding hydrogens is 340 g/mol. The van der Waals surface area contributed by atoms with Gasteiger partial charge in [-0.3, -0.25) is 14.6 Å². The van der Waals surface area contributed by atoms with Crippen molar-refractivity contribution in [3.8, 4) is 0 Å². The van der Waals surface area contributed by atoms with Crippen molar-refractivity contribution in [1.82, 2.24) is 14.8 Å². The van der Waals surface area contributed by atoms with Gasteiger partial charge in [0.1, 0.15) is 0 Å². The lowest BCUT2D eigenvalue weighted by molar-refractivity contribution is -0.136. The van der Waals surface area contributed by atoms with E-state index < -0.39 is 0 Å². The summed E-state index contributed by atoms with van der Waals surface area (Å²) in [6, 6.07) is 14.1. The molecular formula is C21H24N4O2. The minimum atomic E-state index is -0.225. The van der Waals surface area contributed by atoms with Crippen LogP contribution in [0.3, 0.4) is 0 Å². The quantitative estimate of drug-likeness (QED) is 0.830. The molecule has 1 atom stereocenters. The lowest BCUT2D eigenvalue weighted by Crippen LogP contribution is -2.50. The Morgan fingerprint density at radius 3 is 2.52 bits per heavy atom. The summed E-state index contributed by atoms with van der Waals surface area (Å²) in [6.45, 7) is 4.11. The van der Waals surface area contributed by atoms with Crippen LogP contribution in [0.2, 0.25) is 0 Å². The molecule has 2 fully saturated rings. The van der Waals surface area contributed by atoms with Gasteiger partial charge < -0.3 is 14.7 Å². The van der Waals surface area contributed by atoms with E-state index in [-0.39, 0.29) is 17.7 Å². The summed E-state index contributed by atoms with van der Waals surface area (Å²) in [7, 11) is 0. The van der Waals surface area contributed by atoms with Crippen molar-refractivity contribution < 1.29 is 9.59 Å². The number of aromatic nitrogens is 1. The molecule has 3 heterocycles. The number of hydrogen-bond donors (Lipinski definition) is 0. The minimum Gasteiger partial charge on any atom is -0.368 e. The molecule has 0 unspecified atom stereocenters. The number of para-hydroxylation sites is 1. The highest BCUT2D eigenvalue weighted by Gasteiger charge is 2.37. The second kappa shape index (κ2) is 7.78. The zero-order chi connectivity index (χ0) is 18.6. The molecule has 1 aromatic carbocycles. The molecule has 1 aromatic heterocycles. The third kappa shape index (κ3) is 3.94. The number of nitrogens with zero attached hydrogens (tertiary/aromatic N) is 4. The number of hydrogen-bond acceptors (Lipinski definition) is 4. The first-order valence-electron chi connectivity index (χ1n) is 9.46. The Labute approximate surface area is 159 Å². The van der Waals surface area contributed by atoms with Crippen LogP contribution in [0.1, 0.15) is 12.0 Å². The molecule has 2 aromatic rings. The van der Waals surface area contributed by atoms with Crippen molar-refractivity contribution in [2.45, 2.75) is 13.0 Å². The Morgan fingerprint density at radius 1 is 1.04 bits per heavy atom. The molecule has 27 heavy (non-hydrogen) atoms. The van der Waals surface area contributed by atoms with Crippen LogP contribution in [0.25, 0.3) is 0 Å². The molecule has 0 N–H and O–H groups in total. The van der Waals surface area contributed by atoms with Crippen LogP contribution in [-0.4, -0.2) is 59.3 Å². The van der Waals surface area contributed by atoms with Crippen LogP contribution in [0.15, 0.2) is 54.9 Å². The van der Waals surface area contributed by atoms with Crippen LogP contribution < -0.4 is 4.90 Å². The van der Waals surface area contributed by atoms with Crippen LogP contribution in [0.4, 0.5) is 5.69 Å². The highest BCUT2D eigenvalue weighted by atomic mass is 16.2. The topological polar surface area (TPSA) is 56.8 Å². The Kier molecular flexibility index (Phi) is 5.05. The molecule has 0 aliphatic carbocycles. The molecule has 2 amide bonds. The van der Waals surface area contributed by atoms with Crippen LogP contribution in [0, 0.1) is 5.92 Å². The van der Waals surface area contributed by atoms with Gasteiger partial charge in [-0.05, 0) is 23.8 Å². The Hall–Kier alpha value is -2.89. The van der Waals surface area contributed by atoms with E-state index in [0.29, 0.717) is 32.6 Å². The van der Waals surface area contributed by atoms with E-state index in [2.05, 4.69) is 22.0 Å². The lowest BCUT2D eigenvalue weighted by Gasteiger charge is -2.37. The number of rotatable bonds is 4. The van der Waals surface area contributed by atoms with Crippen LogP contribution >= 0.6 is 0 Å². The smallest absolute Gasteiger partial charge is 0.228 e. The summed E-state index contributed by atoms with van der Waals surface area (Å²) < 4.78 is 0. The summed E-state index contributed by atoms with van der Waals surface area (Å²) in [5, 5.41) is 0. The average Bonchev–Trinajstić information content (AvgIpc) is 3.09. The monoisotopic (exact) mass is 364 g/mol. The van der Waals surface area contributed by atoms with E-state index in [0.717, 1.165) is 18.7 Å². The molecule has 6 heteroatoms. The molecule has 2 aliphatic heterocycles. The number of benzene rings is 1. The number of carbonyl (C=O) groups is 2. The first-order valence-corrected chi connectivity index (χ1v) is 9.46. The summed E-state index contributed by atoms with van der Waals surface area (Å²) in [4.78, 5) is 35.3. The number of likely N-dealkylation sites (tertiary alicyclic amines) is 1. The normalized spacial score (nSPS) is 20.2. The molecule has 0 radical (unpaired) electrons. The van der Waals surface area contributed by atoms with Gasteiger partial charge in [-0.2, -0.15) is 0 Å². The molecule has 0 spiro atoms. The SMILES string of the molecule is O=C1C[C@H](C(=O)N2CCN(c3ccccc3)CC2)CN1Cc1cccnc1. The number of carbonyl (C=O) groups excluding carboxylic acids is 2. The van der Waals surface area contributed by atoms with E-state index >= 15 is 0 Å². The average molecular weight is 364 g/mol. The number of pyridine rings is 1. The fourth-order valence-electron chi connectivity index (χ4n) is 3.88. The molecule has 140 valence electrons. The van der Waals surface area contributed by atoms with Gasteiger partial charge in [0.15, 0.2) is 0 Å². The maximum absolute atomic E-state index is 12.9. The van der Waals surface area contributed by atoms with E-state index in [4.69, 9.17) is 0 Å². The molecule has 2 aliphatic rings. The third-order valence-corrected chi connectivity index (χ3v) is 5.37. The standard InChI is InChI=1S/C21H24N4O2/c26-20-13-18(16-25(20)15-17-5-4-8-22-14-17)21(27)24-11-9-23(10-12-24)19-6-2-1-3-7-19/h1-8,14,18H,9-13,15-16H2/t18-/m0/s1. The summed E-state index contributed by atoms with van der Waals surface area (Å²) in [5.41, 5.74) is 2.19. The highest BCUT2D eigenvalue weighted by molar-refractivity contribution is 5.89. The van der Waals surface area contributed by atoms with Crippen molar-refractivity contribution in [3.63, 3.8) is 0 Å². The largest absolute Gasteiger partial charge is 0.368 e. The zero-order valence-corrected chi connectivity index (χ0v) is 15.3. The van der Waals surface area contributed by atoms with Gasteiger partial charge in [0.2, 0.25) is 11.8 Å². The van der Waals surface area contributed by atoms with Crippen molar-refractivity contribution in [2.75, 3.05) is 37.6 Å². The van der Waals surface area contributed by atoms with Gasteiger partial charge in [-0.25, -0.2) is 0 Å². The predicted octanol–water partition coefficient (Wildman–Crippen LogP) is 1.78. The van der Waals surface area contributed by atoms with Gasteiger partial charge in [-0.1, -0.05) is 24.3 Å². The predicted molar refractivity (Wildman–Crippen MR) is 103 cm³/mol. The fourth-order valence-corrected chi connectivity index (χ4v) is 3.88. The Bertz CT molecular complexity index is 788. The first-order chi connectivity index (χ1) is 13.2. The van der Waals surface area contributed by atoms with Crippen molar-refractivity contribution >= 4 is 17.5 Å². The van der Waals surface area contributed by atoms with Gasteiger partial charge in [0, 0.05) is 63.8 Å². The van der Waals surface area contributed by atoms with Crippen LogP contribution in [-0.2, 0) is 16.1 Å². The van der Waals surface area contributed by atoms with Crippen molar-refractivity contribution in [2.24, 2.45) is 5.92 Å². The molecule has 2 saturated heterocycles. The lowest BCUT2D eigenvalue weighted by atomic mass is 10.1.